The topological polar surface area (TPSA) is 43.2 Å². The lowest BCUT2D eigenvalue weighted by Crippen LogP contribution is -2.36. The van der Waals surface area contributed by atoms with Crippen LogP contribution in [0, 0.1) is 0 Å². The molecule has 1 aliphatic rings. The van der Waals surface area contributed by atoms with E-state index in [1.807, 2.05) is 66.7 Å². The molecule has 27 heavy (non-hydrogen) atoms. The molecule has 0 fully saturated rings. The highest BCUT2D eigenvalue weighted by Gasteiger charge is 2.30. The van der Waals surface area contributed by atoms with Crippen LogP contribution in [0.15, 0.2) is 88.8 Å². The molecule has 0 unspecified atom stereocenters. The van der Waals surface area contributed by atoms with Gasteiger partial charge in [-0.25, -0.2) is 0 Å². The highest BCUT2D eigenvalue weighted by atomic mass is 16.5. The quantitative estimate of drug-likeness (QED) is 0.573. The van der Waals surface area contributed by atoms with Gasteiger partial charge in [0.1, 0.15) is 42.1 Å². The second kappa shape index (κ2) is 7.48. The molecule has 3 aromatic rings. The number of ether oxygens (including phenoxy) is 2. The maximum atomic E-state index is 6.16. The summed E-state index contributed by atoms with van der Waals surface area (Å²) >= 11 is 0. The van der Waals surface area contributed by atoms with Crippen LogP contribution in [0.2, 0.25) is 0 Å². The molecular formula is C23H20N2O2. The molecule has 1 aliphatic heterocycles. The number of benzene rings is 3. The van der Waals surface area contributed by atoms with Crippen molar-refractivity contribution in [3.63, 3.8) is 0 Å². The molecule has 0 saturated heterocycles. The van der Waals surface area contributed by atoms with Crippen LogP contribution in [-0.2, 0) is 5.41 Å². The number of hydrogen-bond donors (Lipinski definition) is 0. The molecule has 134 valence electrons. The van der Waals surface area contributed by atoms with E-state index in [0.717, 1.165) is 5.56 Å². The summed E-state index contributed by atoms with van der Waals surface area (Å²) in [6, 6.07) is 28.4. The second-order valence-corrected chi connectivity index (χ2v) is 6.76. The van der Waals surface area contributed by atoms with Crippen LogP contribution in [0.5, 0.6) is 11.5 Å². The van der Waals surface area contributed by atoms with E-state index >= 15 is 0 Å². The minimum absolute atomic E-state index is 0.339. The number of aliphatic imine (C=N–C) groups is 2. The average molecular weight is 356 g/mol. The Balaban J connectivity index is 1.80. The molecule has 0 N–H and O–H groups in total. The molecule has 0 radical (unpaired) electrons. The molecule has 0 aliphatic carbocycles. The number of fused-ring (bicyclic) bond motifs is 2. The zero-order valence-corrected chi connectivity index (χ0v) is 15.1. The predicted octanol–water partition coefficient (Wildman–Crippen LogP) is 5.55. The van der Waals surface area contributed by atoms with E-state index in [1.165, 1.54) is 0 Å². The first-order valence-electron chi connectivity index (χ1n) is 8.90. The number of nitrogens with zero attached hydrogens (tertiary/aromatic N) is 2. The van der Waals surface area contributed by atoms with Crippen molar-refractivity contribution in [3.05, 3.63) is 84.4 Å². The fourth-order valence-electron chi connectivity index (χ4n) is 3.00. The smallest absolute Gasteiger partial charge is 0.145 e. The molecule has 0 saturated carbocycles. The Morgan fingerprint density at radius 2 is 1.19 bits per heavy atom. The van der Waals surface area contributed by atoms with E-state index in [0.29, 0.717) is 36.1 Å². The Hall–Kier alpha value is -3.36. The lowest BCUT2D eigenvalue weighted by atomic mass is 9.84. The van der Waals surface area contributed by atoms with E-state index in [9.17, 15) is 0 Å². The summed E-state index contributed by atoms with van der Waals surface area (Å²) in [5, 5.41) is 0. The summed E-state index contributed by atoms with van der Waals surface area (Å²) in [4.78, 5) is 8.69. The van der Waals surface area contributed by atoms with Crippen molar-refractivity contribution in [2.75, 3.05) is 13.2 Å². The van der Waals surface area contributed by atoms with E-state index in [-0.39, 0.29) is 5.41 Å². The molecule has 0 spiro atoms. The van der Waals surface area contributed by atoms with Gasteiger partial charge in [0.15, 0.2) is 0 Å². The minimum Gasteiger partial charge on any atom is -0.490 e. The first-order chi connectivity index (χ1) is 13.2. The van der Waals surface area contributed by atoms with Crippen molar-refractivity contribution >= 4 is 17.4 Å². The Morgan fingerprint density at radius 1 is 0.704 bits per heavy atom. The first kappa shape index (κ1) is 17.1. The van der Waals surface area contributed by atoms with Gasteiger partial charge < -0.3 is 9.47 Å². The highest BCUT2D eigenvalue weighted by molar-refractivity contribution is 5.64. The van der Waals surface area contributed by atoms with E-state index in [4.69, 9.17) is 9.47 Å². The van der Waals surface area contributed by atoms with E-state index < -0.39 is 0 Å². The van der Waals surface area contributed by atoms with Gasteiger partial charge in [-0.15, -0.1) is 0 Å². The maximum absolute atomic E-state index is 6.16. The Bertz CT molecular complexity index is 937. The zero-order chi connectivity index (χ0) is 18.5. The third-order valence-electron chi connectivity index (χ3n) is 4.63. The highest BCUT2D eigenvalue weighted by Crippen LogP contribution is 2.33. The van der Waals surface area contributed by atoms with Crippen LogP contribution < -0.4 is 9.47 Å². The largest absolute Gasteiger partial charge is 0.490 e. The number of rotatable bonds is 1. The summed E-state index contributed by atoms with van der Waals surface area (Å²) in [5.41, 5.74) is 2.23. The second-order valence-electron chi connectivity index (χ2n) is 6.76. The van der Waals surface area contributed by atoms with Crippen molar-refractivity contribution in [2.45, 2.75) is 12.3 Å². The lowest BCUT2D eigenvalue weighted by Gasteiger charge is -2.30. The molecule has 0 amide bonds. The van der Waals surface area contributed by atoms with Gasteiger partial charge in [0.2, 0.25) is 0 Å². The molecule has 0 atom stereocenters. The van der Waals surface area contributed by atoms with E-state index in [1.54, 1.807) is 0 Å². The summed E-state index contributed by atoms with van der Waals surface area (Å²) in [6.07, 6.45) is 0. The number of para-hydroxylation sites is 4. The fraction of sp³-hybridized carbons (Fsp3) is 0.174. The third-order valence-corrected chi connectivity index (χ3v) is 4.63. The van der Waals surface area contributed by atoms with Crippen LogP contribution in [0.1, 0.15) is 12.5 Å². The summed E-state index contributed by atoms with van der Waals surface area (Å²) in [6.45, 7) is 3.07. The maximum Gasteiger partial charge on any atom is 0.145 e. The molecule has 4 rings (SSSR count). The number of hydrogen-bond acceptors (Lipinski definition) is 4. The summed E-state index contributed by atoms with van der Waals surface area (Å²) in [7, 11) is 0. The molecule has 0 aromatic heterocycles. The predicted molar refractivity (Wildman–Crippen MR) is 107 cm³/mol. The van der Waals surface area contributed by atoms with Crippen LogP contribution in [0.4, 0.5) is 11.4 Å². The van der Waals surface area contributed by atoms with Crippen molar-refractivity contribution in [3.8, 4) is 11.5 Å². The van der Waals surface area contributed by atoms with Crippen LogP contribution in [0.25, 0.3) is 0 Å². The summed E-state index contributed by atoms with van der Waals surface area (Å²) < 4.78 is 12.3. The Morgan fingerprint density at radius 3 is 1.74 bits per heavy atom. The standard InChI is InChI=1S/C23H20N2O2/c1-23(18-9-3-2-4-10-18)15-26-21-13-7-5-11-19(21)24-17-25-20-12-6-8-14-22(20)27-16-23/h2-14H,15-16H2,1H3. The Kier molecular flexibility index (Phi) is 4.73. The molecule has 3 aromatic carbocycles. The van der Waals surface area contributed by atoms with Crippen molar-refractivity contribution in [1.29, 1.82) is 0 Å². The fourth-order valence-corrected chi connectivity index (χ4v) is 3.00. The van der Waals surface area contributed by atoms with Gasteiger partial charge in [-0.1, -0.05) is 54.6 Å². The first-order valence-corrected chi connectivity index (χ1v) is 8.90. The van der Waals surface area contributed by atoms with Crippen LogP contribution in [-0.4, -0.2) is 19.2 Å². The molecule has 4 nitrogen and oxygen atoms in total. The van der Waals surface area contributed by atoms with Crippen molar-refractivity contribution in [2.24, 2.45) is 9.98 Å². The van der Waals surface area contributed by atoms with Crippen molar-refractivity contribution < 1.29 is 9.47 Å². The Labute approximate surface area is 158 Å². The van der Waals surface area contributed by atoms with Gasteiger partial charge in [-0.2, -0.15) is 9.98 Å². The molecule has 4 heteroatoms. The van der Waals surface area contributed by atoms with Gasteiger partial charge in [0.25, 0.3) is 0 Å². The normalized spacial score (nSPS) is 18.9. The van der Waals surface area contributed by atoms with E-state index in [2.05, 4.69) is 35.0 Å². The van der Waals surface area contributed by atoms with Crippen molar-refractivity contribution in [1.82, 2.24) is 0 Å². The van der Waals surface area contributed by atoms with Gasteiger partial charge in [0, 0.05) is 0 Å². The van der Waals surface area contributed by atoms with Gasteiger partial charge in [-0.05, 0) is 36.8 Å². The molecular weight excluding hydrogens is 336 g/mol. The minimum atomic E-state index is -0.339. The average Bonchev–Trinajstić information content (AvgIpc) is 2.72. The zero-order valence-electron chi connectivity index (χ0n) is 15.1. The van der Waals surface area contributed by atoms with Crippen LogP contribution in [0.3, 0.4) is 0 Å². The van der Waals surface area contributed by atoms with Gasteiger partial charge >= 0.3 is 0 Å². The van der Waals surface area contributed by atoms with Crippen LogP contribution >= 0.6 is 0 Å². The monoisotopic (exact) mass is 356 g/mol. The van der Waals surface area contributed by atoms with Gasteiger partial charge in [-0.3, -0.25) is 0 Å². The molecule has 0 bridgehead atoms. The lowest BCUT2D eigenvalue weighted by molar-refractivity contribution is 0.156. The molecule has 1 heterocycles. The van der Waals surface area contributed by atoms with Gasteiger partial charge in [0.05, 0.1) is 5.41 Å². The summed E-state index contributed by atoms with van der Waals surface area (Å²) in [5.74, 6) is 1.41. The third kappa shape index (κ3) is 3.76. The SMILES string of the molecule is CC1(c2ccccc2)COc2ccccc2N=C=Nc2ccccc2OC1.